The van der Waals surface area contributed by atoms with Crippen molar-refractivity contribution in [2.45, 2.75) is 12.3 Å². The van der Waals surface area contributed by atoms with Gasteiger partial charge in [0.2, 0.25) is 5.88 Å². The van der Waals surface area contributed by atoms with Crippen molar-refractivity contribution in [3.05, 3.63) is 92.8 Å². The van der Waals surface area contributed by atoms with E-state index in [4.69, 9.17) is 26.0 Å². The summed E-state index contributed by atoms with van der Waals surface area (Å²) in [6, 6.07) is 16.4. The van der Waals surface area contributed by atoms with E-state index in [0.717, 1.165) is 5.56 Å². The van der Waals surface area contributed by atoms with Gasteiger partial charge in [-0.15, -0.1) is 5.10 Å². The van der Waals surface area contributed by atoms with E-state index in [-0.39, 0.29) is 6.42 Å². The number of nitriles is 1. The highest BCUT2D eigenvalue weighted by Crippen LogP contribution is 2.48. The number of hydrogen-bond donors (Lipinski definition) is 0. The first-order chi connectivity index (χ1) is 15.6. The van der Waals surface area contributed by atoms with Gasteiger partial charge >= 0.3 is 5.63 Å². The summed E-state index contributed by atoms with van der Waals surface area (Å²) in [5.41, 5.74) is 2.08. The molecule has 0 spiro atoms. The Kier molecular flexibility index (Phi) is 4.00. The fourth-order valence-electron chi connectivity index (χ4n) is 4.11. The van der Waals surface area contributed by atoms with Crippen molar-refractivity contribution in [1.82, 2.24) is 19.6 Å². The minimum atomic E-state index is -0.581. The number of fused-ring (bicyclic) bond motifs is 6. The van der Waals surface area contributed by atoms with Gasteiger partial charge in [0, 0.05) is 5.02 Å². The number of halogens is 1. The highest BCUT2D eigenvalue weighted by atomic mass is 35.5. The molecule has 0 bridgehead atoms. The molecule has 0 aliphatic carbocycles. The molecule has 5 aromatic rings. The molecule has 0 N–H and O–H groups in total. The third-order valence-corrected chi connectivity index (χ3v) is 5.70. The van der Waals surface area contributed by atoms with Crippen molar-refractivity contribution in [2.24, 2.45) is 0 Å². The molecule has 0 amide bonds. The van der Waals surface area contributed by atoms with E-state index in [2.05, 4.69) is 15.1 Å². The molecule has 154 valence electrons. The summed E-state index contributed by atoms with van der Waals surface area (Å²) < 4.78 is 13.3. The van der Waals surface area contributed by atoms with Gasteiger partial charge in [-0.3, -0.25) is 0 Å². The number of benzene rings is 2. The molecule has 1 aliphatic heterocycles. The smallest absolute Gasteiger partial charge is 0.344 e. The van der Waals surface area contributed by atoms with Gasteiger partial charge in [0.25, 0.3) is 0 Å². The van der Waals surface area contributed by atoms with Crippen molar-refractivity contribution < 1.29 is 9.15 Å². The average molecular weight is 442 g/mol. The summed E-state index contributed by atoms with van der Waals surface area (Å²) in [6.07, 6.45) is 1.53. The first-order valence-corrected chi connectivity index (χ1v) is 10.1. The number of ether oxygens (including phenoxy) is 1. The molecule has 32 heavy (non-hydrogen) atoms. The van der Waals surface area contributed by atoms with Crippen molar-refractivity contribution in [1.29, 1.82) is 5.26 Å². The van der Waals surface area contributed by atoms with Crippen LogP contribution >= 0.6 is 11.6 Å². The quantitative estimate of drug-likeness (QED) is 0.370. The van der Waals surface area contributed by atoms with Gasteiger partial charge in [-0.1, -0.05) is 35.9 Å². The Labute approximate surface area is 185 Å². The van der Waals surface area contributed by atoms with Gasteiger partial charge in [-0.2, -0.15) is 5.26 Å². The second kappa shape index (κ2) is 6.90. The van der Waals surface area contributed by atoms with Crippen LogP contribution in [0.15, 0.2) is 64.1 Å². The third-order valence-electron chi connectivity index (χ3n) is 5.45. The molecule has 4 heterocycles. The predicted octanol–water partition coefficient (Wildman–Crippen LogP) is 4.24. The van der Waals surface area contributed by atoms with E-state index in [1.807, 2.05) is 30.3 Å². The molecule has 0 saturated heterocycles. The van der Waals surface area contributed by atoms with E-state index in [1.54, 1.807) is 24.3 Å². The Hall–Kier alpha value is -4.22. The first-order valence-electron chi connectivity index (χ1n) is 9.74. The van der Waals surface area contributed by atoms with Crippen molar-refractivity contribution in [3.8, 4) is 17.7 Å². The zero-order valence-corrected chi connectivity index (χ0v) is 17.1. The zero-order valence-electron chi connectivity index (χ0n) is 16.3. The molecule has 3 aromatic heterocycles. The lowest BCUT2D eigenvalue weighted by Gasteiger charge is -2.27. The van der Waals surface area contributed by atoms with Crippen molar-refractivity contribution >= 4 is 28.2 Å². The minimum Gasteiger partial charge on any atom is -0.437 e. The van der Waals surface area contributed by atoms with Crippen LogP contribution in [-0.4, -0.2) is 19.6 Å². The largest absolute Gasteiger partial charge is 0.437 e. The van der Waals surface area contributed by atoms with Crippen LogP contribution in [0.25, 0.3) is 16.6 Å². The summed E-state index contributed by atoms with van der Waals surface area (Å²) in [5, 5.41) is 14.6. The highest BCUT2D eigenvalue weighted by Gasteiger charge is 2.37. The molecule has 2 aromatic carbocycles. The number of aromatic nitrogens is 4. The topological polar surface area (TPSA) is 106 Å². The molecule has 0 saturated carbocycles. The Morgan fingerprint density at radius 3 is 2.75 bits per heavy atom. The number of para-hydroxylation sites is 1. The van der Waals surface area contributed by atoms with Crippen LogP contribution in [0, 0.1) is 11.3 Å². The standard InChI is InChI=1S/C23H12ClN5O3/c24-13-7-5-12(6-8-13)17-18-20(14-3-1-2-4-15(14)31-23(18)30)32-22-19(17)21-27-16(9-10-25)28-29(21)11-26-22/h1-8,11,17H,9H2. The van der Waals surface area contributed by atoms with Crippen LogP contribution in [0.5, 0.6) is 11.6 Å². The van der Waals surface area contributed by atoms with Gasteiger partial charge in [0.15, 0.2) is 17.2 Å². The van der Waals surface area contributed by atoms with E-state index >= 15 is 0 Å². The fourth-order valence-corrected chi connectivity index (χ4v) is 4.23. The second-order valence-corrected chi connectivity index (χ2v) is 7.75. The number of rotatable bonds is 2. The Balaban J connectivity index is 1.72. The SMILES string of the molecule is N#CCc1nc2c3c(ncn2n1)Oc1c(c(=O)oc2ccccc12)C3c1ccc(Cl)cc1. The van der Waals surface area contributed by atoms with Crippen molar-refractivity contribution in [3.63, 3.8) is 0 Å². The Bertz CT molecular complexity index is 1630. The van der Waals surface area contributed by atoms with Crippen LogP contribution in [-0.2, 0) is 6.42 Å². The normalized spacial score (nSPS) is 14.6. The van der Waals surface area contributed by atoms with Crippen LogP contribution in [0.4, 0.5) is 0 Å². The van der Waals surface area contributed by atoms with E-state index in [0.29, 0.717) is 50.2 Å². The summed E-state index contributed by atoms with van der Waals surface area (Å²) in [7, 11) is 0. The van der Waals surface area contributed by atoms with Crippen LogP contribution in [0.2, 0.25) is 5.02 Å². The van der Waals surface area contributed by atoms with Crippen LogP contribution < -0.4 is 10.4 Å². The van der Waals surface area contributed by atoms with Crippen LogP contribution in [0.3, 0.4) is 0 Å². The molecule has 1 aliphatic rings. The Morgan fingerprint density at radius 2 is 1.94 bits per heavy atom. The lowest BCUT2D eigenvalue weighted by Crippen LogP contribution is -2.22. The number of nitrogens with zero attached hydrogens (tertiary/aromatic N) is 5. The van der Waals surface area contributed by atoms with Gasteiger partial charge < -0.3 is 9.15 Å². The summed E-state index contributed by atoms with van der Waals surface area (Å²) >= 11 is 6.12. The molecular formula is C23H12ClN5O3. The highest BCUT2D eigenvalue weighted by molar-refractivity contribution is 6.30. The molecule has 9 heteroatoms. The third kappa shape index (κ3) is 2.69. The maximum atomic E-state index is 13.2. The minimum absolute atomic E-state index is 0.0479. The second-order valence-electron chi connectivity index (χ2n) is 7.31. The molecule has 1 atom stereocenters. The zero-order chi connectivity index (χ0) is 21.8. The summed E-state index contributed by atoms with van der Waals surface area (Å²) in [4.78, 5) is 22.2. The molecule has 8 nitrogen and oxygen atoms in total. The molecular weight excluding hydrogens is 430 g/mol. The lowest BCUT2D eigenvalue weighted by atomic mass is 9.84. The molecule has 0 fully saturated rings. The monoisotopic (exact) mass is 441 g/mol. The van der Waals surface area contributed by atoms with Crippen molar-refractivity contribution in [2.75, 3.05) is 0 Å². The lowest BCUT2D eigenvalue weighted by molar-refractivity contribution is 0.422. The van der Waals surface area contributed by atoms with Crippen LogP contribution in [0.1, 0.15) is 28.4 Å². The molecule has 0 radical (unpaired) electrons. The average Bonchev–Trinajstić information content (AvgIpc) is 3.22. The molecule has 6 rings (SSSR count). The van der Waals surface area contributed by atoms with Gasteiger partial charge in [-0.25, -0.2) is 19.3 Å². The van der Waals surface area contributed by atoms with Gasteiger partial charge in [-0.05, 0) is 29.8 Å². The van der Waals surface area contributed by atoms with E-state index in [1.165, 1.54) is 10.8 Å². The van der Waals surface area contributed by atoms with E-state index < -0.39 is 11.5 Å². The fraction of sp³-hybridized carbons (Fsp3) is 0.0870. The maximum Gasteiger partial charge on any atom is 0.344 e. The molecule has 1 unspecified atom stereocenters. The van der Waals surface area contributed by atoms with Gasteiger partial charge in [0.1, 0.15) is 11.9 Å². The maximum absolute atomic E-state index is 13.2. The van der Waals surface area contributed by atoms with Gasteiger partial charge in [0.05, 0.1) is 34.9 Å². The predicted molar refractivity (Wildman–Crippen MR) is 115 cm³/mol. The summed E-state index contributed by atoms with van der Waals surface area (Å²) in [5.74, 6) is 0.491. The Morgan fingerprint density at radius 1 is 1.12 bits per heavy atom. The van der Waals surface area contributed by atoms with E-state index in [9.17, 15) is 4.79 Å². The summed E-state index contributed by atoms with van der Waals surface area (Å²) in [6.45, 7) is 0. The first kappa shape index (κ1) is 18.5. The number of hydrogen-bond acceptors (Lipinski definition) is 7.